The van der Waals surface area contributed by atoms with Gasteiger partial charge in [-0.05, 0) is 19.9 Å². The lowest BCUT2D eigenvalue weighted by atomic mass is 10.0. The van der Waals surface area contributed by atoms with E-state index in [-0.39, 0.29) is 0 Å². The largest absolute Gasteiger partial charge is 0.481 e. The van der Waals surface area contributed by atoms with Crippen molar-refractivity contribution in [3.8, 4) is 0 Å². The summed E-state index contributed by atoms with van der Waals surface area (Å²) in [6.07, 6.45) is 1.50. The fourth-order valence-corrected chi connectivity index (χ4v) is 0.977. The summed E-state index contributed by atoms with van der Waals surface area (Å²) in [6.45, 7) is 3.40. The lowest BCUT2D eigenvalue weighted by Gasteiger charge is -2.02. The Morgan fingerprint density at radius 1 is 1.73 bits per heavy atom. The van der Waals surface area contributed by atoms with Crippen molar-refractivity contribution in [2.45, 2.75) is 19.8 Å². The van der Waals surface area contributed by atoms with E-state index in [1.807, 2.05) is 0 Å². The average Bonchev–Trinajstić information content (AvgIpc) is 2.33. The van der Waals surface area contributed by atoms with Gasteiger partial charge in [0.1, 0.15) is 5.76 Å². The van der Waals surface area contributed by atoms with E-state index >= 15 is 0 Å². The van der Waals surface area contributed by atoms with Gasteiger partial charge in [-0.3, -0.25) is 4.79 Å². The molecule has 11 heavy (non-hydrogen) atoms. The maximum absolute atomic E-state index is 10.5. The zero-order chi connectivity index (χ0) is 8.43. The van der Waals surface area contributed by atoms with Gasteiger partial charge < -0.3 is 9.52 Å². The summed E-state index contributed by atoms with van der Waals surface area (Å²) in [5, 5.41) is 8.64. The molecule has 3 heteroatoms. The molecule has 1 rings (SSSR count). The maximum atomic E-state index is 10.5. The number of carboxylic acid groups (broad SMARTS) is 1. The molecule has 0 bridgehead atoms. The molecule has 0 spiro atoms. The SMILES string of the molecule is Cc1occc1C(C)C(=O)O. The molecular weight excluding hydrogens is 144 g/mol. The molecule has 1 heterocycles. The summed E-state index contributed by atoms with van der Waals surface area (Å²) in [5.74, 6) is -0.622. The Morgan fingerprint density at radius 2 is 2.36 bits per heavy atom. The third-order valence-electron chi connectivity index (χ3n) is 1.74. The van der Waals surface area contributed by atoms with E-state index in [4.69, 9.17) is 9.52 Å². The van der Waals surface area contributed by atoms with Crippen molar-refractivity contribution in [3.05, 3.63) is 23.7 Å². The van der Waals surface area contributed by atoms with Crippen molar-refractivity contribution < 1.29 is 14.3 Å². The first kappa shape index (κ1) is 7.85. The number of hydrogen-bond acceptors (Lipinski definition) is 2. The molecule has 0 aliphatic heterocycles. The van der Waals surface area contributed by atoms with Crippen molar-refractivity contribution in [3.63, 3.8) is 0 Å². The third-order valence-corrected chi connectivity index (χ3v) is 1.74. The van der Waals surface area contributed by atoms with Gasteiger partial charge in [0.2, 0.25) is 0 Å². The van der Waals surface area contributed by atoms with Crippen LogP contribution in [0.25, 0.3) is 0 Å². The number of rotatable bonds is 2. The van der Waals surface area contributed by atoms with Gasteiger partial charge in [0.25, 0.3) is 0 Å². The second kappa shape index (κ2) is 2.78. The Balaban J connectivity index is 2.92. The molecule has 0 amide bonds. The monoisotopic (exact) mass is 154 g/mol. The highest BCUT2D eigenvalue weighted by Crippen LogP contribution is 2.19. The lowest BCUT2D eigenvalue weighted by Crippen LogP contribution is -2.07. The van der Waals surface area contributed by atoms with E-state index in [9.17, 15) is 4.79 Å². The molecular formula is C8H10O3. The highest BCUT2D eigenvalue weighted by Gasteiger charge is 2.16. The number of furan rings is 1. The average molecular weight is 154 g/mol. The van der Waals surface area contributed by atoms with E-state index in [1.54, 1.807) is 19.9 Å². The maximum Gasteiger partial charge on any atom is 0.310 e. The van der Waals surface area contributed by atoms with E-state index in [2.05, 4.69) is 0 Å². The van der Waals surface area contributed by atoms with Crippen molar-refractivity contribution in [2.75, 3.05) is 0 Å². The Kier molecular flexibility index (Phi) is 1.98. The highest BCUT2D eigenvalue weighted by atomic mass is 16.4. The summed E-state index contributed by atoms with van der Waals surface area (Å²) in [5.41, 5.74) is 0.748. The zero-order valence-electron chi connectivity index (χ0n) is 6.50. The van der Waals surface area contributed by atoms with Gasteiger partial charge in [0.15, 0.2) is 0 Å². The van der Waals surface area contributed by atoms with Crippen LogP contribution in [0.15, 0.2) is 16.7 Å². The minimum atomic E-state index is -0.825. The number of aliphatic carboxylic acids is 1. The quantitative estimate of drug-likeness (QED) is 0.706. The van der Waals surface area contributed by atoms with Gasteiger partial charge >= 0.3 is 5.97 Å². The summed E-state index contributed by atoms with van der Waals surface area (Å²) in [7, 11) is 0. The van der Waals surface area contributed by atoms with Crippen molar-refractivity contribution >= 4 is 5.97 Å². The van der Waals surface area contributed by atoms with Crippen molar-refractivity contribution in [1.82, 2.24) is 0 Å². The third kappa shape index (κ3) is 1.42. The summed E-state index contributed by atoms with van der Waals surface area (Å²) in [4.78, 5) is 10.5. The number of hydrogen-bond donors (Lipinski definition) is 1. The fourth-order valence-electron chi connectivity index (χ4n) is 0.977. The van der Waals surface area contributed by atoms with Crippen LogP contribution in [0.5, 0.6) is 0 Å². The summed E-state index contributed by atoms with van der Waals surface area (Å²) < 4.78 is 4.97. The first-order valence-electron chi connectivity index (χ1n) is 3.39. The van der Waals surface area contributed by atoms with Crippen LogP contribution in [0.2, 0.25) is 0 Å². The summed E-state index contributed by atoms with van der Waals surface area (Å²) >= 11 is 0. The molecule has 0 aromatic carbocycles. The van der Waals surface area contributed by atoms with Gasteiger partial charge in [-0.1, -0.05) is 0 Å². The van der Waals surface area contributed by atoms with Crippen LogP contribution >= 0.6 is 0 Å². The lowest BCUT2D eigenvalue weighted by molar-refractivity contribution is -0.138. The molecule has 0 radical (unpaired) electrons. The van der Waals surface area contributed by atoms with E-state index in [0.717, 1.165) is 5.56 Å². The Morgan fingerprint density at radius 3 is 2.73 bits per heavy atom. The Bertz CT molecular complexity index is 262. The second-order valence-corrected chi connectivity index (χ2v) is 2.49. The minimum absolute atomic E-state index is 0.478. The van der Waals surface area contributed by atoms with Crippen LogP contribution in [0, 0.1) is 6.92 Å². The van der Waals surface area contributed by atoms with Gasteiger partial charge in [-0.25, -0.2) is 0 Å². The van der Waals surface area contributed by atoms with Gasteiger partial charge in [-0.2, -0.15) is 0 Å². The first-order valence-corrected chi connectivity index (χ1v) is 3.39. The van der Waals surface area contributed by atoms with Crippen LogP contribution in [0.1, 0.15) is 24.2 Å². The second-order valence-electron chi connectivity index (χ2n) is 2.49. The van der Waals surface area contributed by atoms with Crippen molar-refractivity contribution in [2.24, 2.45) is 0 Å². The Hall–Kier alpha value is -1.25. The molecule has 60 valence electrons. The standard InChI is InChI=1S/C8H10O3/c1-5(8(9)10)7-3-4-11-6(7)2/h3-5H,1-2H3,(H,9,10). The zero-order valence-corrected chi connectivity index (χ0v) is 6.50. The molecule has 0 saturated carbocycles. The molecule has 1 atom stereocenters. The molecule has 0 aliphatic carbocycles. The number of carboxylic acids is 1. The highest BCUT2D eigenvalue weighted by molar-refractivity contribution is 5.75. The van der Waals surface area contributed by atoms with E-state index in [0.29, 0.717) is 5.76 Å². The molecule has 0 fully saturated rings. The number of carbonyl (C=O) groups is 1. The normalized spacial score (nSPS) is 12.9. The van der Waals surface area contributed by atoms with Crippen LogP contribution in [0.3, 0.4) is 0 Å². The molecule has 0 saturated heterocycles. The minimum Gasteiger partial charge on any atom is -0.481 e. The van der Waals surface area contributed by atoms with Crippen LogP contribution in [0.4, 0.5) is 0 Å². The molecule has 0 aliphatic rings. The van der Waals surface area contributed by atoms with Gasteiger partial charge in [0, 0.05) is 5.56 Å². The first-order chi connectivity index (χ1) is 5.13. The smallest absolute Gasteiger partial charge is 0.310 e. The molecule has 1 aromatic heterocycles. The molecule has 1 aromatic rings. The predicted octanol–water partition coefficient (Wildman–Crippen LogP) is 1.78. The molecule has 1 N–H and O–H groups in total. The topological polar surface area (TPSA) is 50.4 Å². The van der Waals surface area contributed by atoms with Gasteiger partial charge in [0.05, 0.1) is 12.2 Å². The van der Waals surface area contributed by atoms with Crippen LogP contribution < -0.4 is 0 Å². The van der Waals surface area contributed by atoms with E-state index in [1.165, 1.54) is 6.26 Å². The fraction of sp³-hybridized carbons (Fsp3) is 0.375. The molecule has 3 nitrogen and oxygen atoms in total. The predicted molar refractivity (Wildman–Crippen MR) is 39.5 cm³/mol. The van der Waals surface area contributed by atoms with Crippen molar-refractivity contribution in [1.29, 1.82) is 0 Å². The Labute approximate surface area is 64.6 Å². The van der Waals surface area contributed by atoms with Crippen LogP contribution in [-0.2, 0) is 4.79 Å². The number of aryl methyl sites for hydroxylation is 1. The summed E-state index contributed by atoms with van der Waals surface area (Å²) in [6, 6.07) is 1.69. The molecule has 1 unspecified atom stereocenters. The van der Waals surface area contributed by atoms with Crippen LogP contribution in [-0.4, -0.2) is 11.1 Å². The van der Waals surface area contributed by atoms with Gasteiger partial charge in [-0.15, -0.1) is 0 Å². The van der Waals surface area contributed by atoms with E-state index < -0.39 is 11.9 Å².